The van der Waals surface area contributed by atoms with Crippen LogP contribution in [0.2, 0.25) is 0 Å². The molecule has 0 aliphatic carbocycles. The number of hydrogen-bond donors (Lipinski definition) is 1. The van der Waals surface area contributed by atoms with Gasteiger partial charge in [-0.2, -0.15) is 0 Å². The Bertz CT molecular complexity index is 346. The first kappa shape index (κ1) is 12.8. The molecule has 1 aromatic carbocycles. The van der Waals surface area contributed by atoms with Crippen molar-refractivity contribution in [1.82, 2.24) is 5.32 Å². The van der Waals surface area contributed by atoms with Crippen molar-refractivity contribution in [3.05, 3.63) is 28.5 Å². The lowest BCUT2D eigenvalue weighted by Crippen LogP contribution is -2.21. The molecule has 1 heterocycles. The van der Waals surface area contributed by atoms with Crippen LogP contribution in [-0.4, -0.2) is 19.2 Å². The first-order chi connectivity index (χ1) is 8.24. The highest BCUT2D eigenvalue weighted by Gasteiger charge is 2.12. The Morgan fingerprint density at radius 3 is 3.00 bits per heavy atom. The van der Waals surface area contributed by atoms with Crippen LogP contribution in [0.4, 0.5) is 4.39 Å². The number of ether oxygens (including phenoxy) is 1. The SMILES string of the molecule is Fc1cc(Br)cc(OCCCC2CCCN2)c1. The number of hydrogen-bond acceptors (Lipinski definition) is 2. The molecule has 0 aromatic heterocycles. The standard InChI is InChI=1S/C13H17BrFNO/c14-10-7-11(15)9-13(8-10)17-6-2-4-12-3-1-5-16-12/h7-9,12,16H,1-6H2. The Kier molecular flexibility index (Phi) is 4.80. The summed E-state index contributed by atoms with van der Waals surface area (Å²) in [6.07, 6.45) is 4.69. The van der Waals surface area contributed by atoms with Gasteiger partial charge in [-0.3, -0.25) is 0 Å². The van der Waals surface area contributed by atoms with Crippen molar-refractivity contribution < 1.29 is 9.13 Å². The van der Waals surface area contributed by atoms with E-state index < -0.39 is 0 Å². The molecule has 0 amide bonds. The molecule has 0 radical (unpaired) electrons. The van der Waals surface area contributed by atoms with Gasteiger partial charge in [0.05, 0.1) is 6.61 Å². The van der Waals surface area contributed by atoms with Crippen LogP contribution < -0.4 is 10.1 Å². The van der Waals surface area contributed by atoms with Gasteiger partial charge in [0.25, 0.3) is 0 Å². The van der Waals surface area contributed by atoms with E-state index in [1.165, 1.54) is 25.0 Å². The molecular weight excluding hydrogens is 285 g/mol. The zero-order chi connectivity index (χ0) is 12.1. The van der Waals surface area contributed by atoms with Gasteiger partial charge in [-0.05, 0) is 44.4 Å². The Morgan fingerprint density at radius 1 is 1.41 bits per heavy atom. The molecular formula is C13H17BrFNO. The van der Waals surface area contributed by atoms with Gasteiger partial charge in [0.1, 0.15) is 11.6 Å². The van der Waals surface area contributed by atoms with Gasteiger partial charge in [-0.25, -0.2) is 4.39 Å². The van der Waals surface area contributed by atoms with Gasteiger partial charge in [0, 0.05) is 16.6 Å². The summed E-state index contributed by atoms with van der Waals surface area (Å²) < 4.78 is 19.3. The summed E-state index contributed by atoms with van der Waals surface area (Å²) in [7, 11) is 0. The zero-order valence-corrected chi connectivity index (χ0v) is 11.3. The maximum absolute atomic E-state index is 13.1. The zero-order valence-electron chi connectivity index (χ0n) is 9.72. The quantitative estimate of drug-likeness (QED) is 0.841. The van der Waals surface area contributed by atoms with E-state index in [9.17, 15) is 4.39 Å². The first-order valence-corrected chi connectivity index (χ1v) is 6.85. The van der Waals surface area contributed by atoms with E-state index in [1.54, 1.807) is 6.07 Å². The van der Waals surface area contributed by atoms with Crippen molar-refractivity contribution in [3.63, 3.8) is 0 Å². The van der Waals surface area contributed by atoms with Crippen LogP contribution in [0.15, 0.2) is 22.7 Å². The lowest BCUT2D eigenvalue weighted by Gasteiger charge is -2.10. The van der Waals surface area contributed by atoms with Gasteiger partial charge in [0.2, 0.25) is 0 Å². The van der Waals surface area contributed by atoms with Gasteiger partial charge >= 0.3 is 0 Å². The second-order valence-corrected chi connectivity index (χ2v) is 5.30. The van der Waals surface area contributed by atoms with Crippen molar-refractivity contribution in [1.29, 1.82) is 0 Å². The predicted molar refractivity (Wildman–Crippen MR) is 69.9 cm³/mol. The molecule has 1 atom stereocenters. The Morgan fingerprint density at radius 2 is 2.29 bits per heavy atom. The van der Waals surface area contributed by atoms with Crippen molar-refractivity contribution in [2.24, 2.45) is 0 Å². The first-order valence-electron chi connectivity index (χ1n) is 6.06. The molecule has 1 aromatic rings. The average Bonchev–Trinajstić information content (AvgIpc) is 2.76. The third-order valence-electron chi connectivity index (χ3n) is 2.96. The summed E-state index contributed by atoms with van der Waals surface area (Å²) in [5.41, 5.74) is 0. The monoisotopic (exact) mass is 301 g/mol. The summed E-state index contributed by atoms with van der Waals surface area (Å²) in [4.78, 5) is 0. The molecule has 1 unspecified atom stereocenters. The third kappa shape index (κ3) is 4.28. The summed E-state index contributed by atoms with van der Waals surface area (Å²) in [6.45, 7) is 1.79. The highest BCUT2D eigenvalue weighted by atomic mass is 79.9. The van der Waals surface area contributed by atoms with Crippen LogP contribution >= 0.6 is 15.9 Å². The lowest BCUT2D eigenvalue weighted by molar-refractivity contribution is 0.297. The molecule has 1 N–H and O–H groups in total. The fourth-order valence-electron chi connectivity index (χ4n) is 2.13. The molecule has 4 heteroatoms. The predicted octanol–water partition coefficient (Wildman–Crippen LogP) is 3.50. The van der Waals surface area contributed by atoms with E-state index in [1.807, 2.05) is 0 Å². The van der Waals surface area contributed by atoms with Gasteiger partial charge in [0.15, 0.2) is 0 Å². The second-order valence-electron chi connectivity index (χ2n) is 4.39. The van der Waals surface area contributed by atoms with Crippen molar-refractivity contribution >= 4 is 15.9 Å². The molecule has 17 heavy (non-hydrogen) atoms. The maximum atomic E-state index is 13.1. The molecule has 94 valence electrons. The van der Waals surface area contributed by atoms with Gasteiger partial charge in [-0.1, -0.05) is 15.9 Å². The summed E-state index contributed by atoms with van der Waals surface area (Å²) >= 11 is 3.25. The number of halogens is 2. The third-order valence-corrected chi connectivity index (χ3v) is 3.42. The second kappa shape index (κ2) is 6.36. The molecule has 1 aliphatic heterocycles. The van der Waals surface area contributed by atoms with Crippen LogP contribution in [0.1, 0.15) is 25.7 Å². The van der Waals surface area contributed by atoms with Gasteiger partial charge < -0.3 is 10.1 Å². The van der Waals surface area contributed by atoms with Crippen LogP contribution in [0, 0.1) is 5.82 Å². The molecule has 2 nitrogen and oxygen atoms in total. The van der Waals surface area contributed by atoms with Crippen LogP contribution in [0.5, 0.6) is 5.75 Å². The smallest absolute Gasteiger partial charge is 0.128 e. The maximum Gasteiger partial charge on any atom is 0.128 e. The fraction of sp³-hybridized carbons (Fsp3) is 0.538. The van der Waals surface area contributed by atoms with E-state index in [4.69, 9.17) is 4.74 Å². The Balaban J connectivity index is 1.70. The molecule has 0 spiro atoms. The minimum Gasteiger partial charge on any atom is -0.493 e. The van der Waals surface area contributed by atoms with E-state index in [0.717, 1.165) is 19.4 Å². The van der Waals surface area contributed by atoms with E-state index in [0.29, 0.717) is 22.9 Å². The number of benzene rings is 1. The highest BCUT2D eigenvalue weighted by molar-refractivity contribution is 9.10. The summed E-state index contributed by atoms with van der Waals surface area (Å²) in [5.74, 6) is 0.322. The molecule has 0 bridgehead atoms. The van der Waals surface area contributed by atoms with Crippen LogP contribution in [-0.2, 0) is 0 Å². The highest BCUT2D eigenvalue weighted by Crippen LogP contribution is 2.21. The lowest BCUT2D eigenvalue weighted by atomic mass is 10.1. The molecule has 2 rings (SSSR count). The van der Waals surface area contributed by atoms with Crippen LogP contribution in [0.3, 0.4) is 0 Å². The number of nitrogens with one attached hydrogen (secondary N) is 1. The fourth-order valence-corrected chi connectivity index (χ4v) is 2.58. The molecule has 1 aliphatic rings. The Hall–Kier alpha value is -0.610. The van der Waals surface area contributed by atoms with Gasteiger partial charge in [-0.15, -0.1) is 0 Å². The minimum absolute atomic E-state index is 0.271. The van der Waals surface area contributed by atoms with Crippen molar-refractivity contribution in [2.75, 3.05) is 13.2 Å². The van der Waals surface area contributed by atoms with Crippen LogP contribution in [0.25, 0.3) is 0 Å². The minimum atomic E-state index is -0.271. The van der Waals surface area contributed by atoms with Crippen molar-refractivity contribution in [2.45, 2.75) is 31.7 Å². The van der Waals surface area contributed by atoms with E-state index in [2.05, 4.69) is 21.2 Å². The molecule has 1 saturated heterocycles. The van der Waals surface area contributed by atoms with Crippen molar-refractivity contribution in [3.8, 4) is 5.75 Å². The number of rotatable bonds is 5. The topological polar surface area (TPSA) is 21.3 Å². The largest absolute Gasteiger partial charge is 0.493 e. The summed E-state index contributed by atoms with van der Waals surface area (Å²) in [6, 6.07) is 5.28. The van der Waals surface area contributed by atoms with E-state index >= 15 is 0 Å². The summed E-state index contributed by atoms with van der Waals surface area (Å²) in [5, 5.41) is 3.45. The molecule has 0 saturated carbocycles. The van der Waals surface area contributed by atoms with E-state index in [-0.39, 0.29) is 5.82 Å². The Labute approximate surface area is 110 Å². The molecule has 1 fully saturated rings. The normalized spacial score (nSPS) is 19.5. The average molecular weight is 302 g/mol.